The molecule has 0 atom stereocenters. The lowest BCUT2D eigenvalue weighted by molar-refractivity contribution is 0.891. The van der Waals surface area contributed by atoms with Crippen molar-refractivity contribution >= 4 is 24.5 Å². The van der Waals surface area contributed by atoms with E-state index < -0.39 is 0 Å². The Morgan fingerprint density at radius 1 is 1.37 bits per heavy atom. The van der Waals surface area contributed by atoms with Crippen molar-refractivity contribution in [2.45, 2.75) is 6.42 Å². The Morgan fingerprint density at radius 2 is 2.11 bits per heavy atom. The first-order valence-corrected chi connectivity index (χ1v) is 6.51. The van der Waals surface area contributed by atoms with Gasteiger partial charge >= 0.3 is 0 Å². The van der Waals surface area contributed by atoms with Crippen LogP contribution in [-0.4, -0.2) is 15.5 Å². The Morgan fingerprint density at radius 3 is 2.68 bits per heavy atom. The van der Waals surface area contributed by atoms with Crippen LogP contribution in [0, 0.1) is 11.3 Å². The van der Waals surface area contributed by atoms with Crippen molar-refractivity contribution in [3.05, 3.63) is 47.7 Å². The second kappa shape index (κ2) is 6.12. The third kappa shape index (κ3) is 2.98. The van der Waals surface area contributed by atoms with Gasteiger partial charge in [-0.1, -0.05) is 24.3 Å². The van der Waals surface area contributed by atoms with Crippen LogP contribution >= 0.6 is 12.6 Å². The van der Waals surface area contributed by atoms with Gasteiger partial charge in [-0.3, -0.25) is 0 Å². The SMILES string of the molecule is N#Cc1cnn(-c2ccc(C=CCCS)cc2)c1N. The third-order valence-electron chi connectivity index (χ3n) is 2.67. The van der Waals surface area contributed by atoms with Crippen molar-refractivity contribution < 1.29 is 0 Å². The van der Waals surface area contributed by atoms with E-state index in [2.05, 4.69) is 23.8 Å². The van der Waals surface area contributed by atoms with E-state index in [1.54, 1.807) is 4.68 Å². The number of nitrogen functional groups attached to an aromatic ring is 1. The number of hydrogen-bond acceptors (Lipinski definition) is 4. The highest BCUT2D eigenvalue weighted by Gasteiger charge is 2.07. The minimum absolute atomic E-state index is 0.362. The standard InChI is InChI=1S/C14H14N4S/c15-9-12-10-17-18(14(12)16)13-6-4-11(5-7-13)3-1-2-8-19/h1,3-7,10,19H,2,8,16H2. The summed E-state index contributed by atoms with van der Waals surface area (Å²) in [6.45, 7) is 0. The van der Waals surface area contributed by atoms with Crippen LogP contribution in [0.15, 0.2) is 36.5 Å². The molecule has 1 heterocycles. The summed E-state index contributed by atoms with van der Waals surface area (Å²) >= 11 is 4.15. The lowest BCUT2D eigenvalue weighted by Gasteiger charge is -2.04. The van der Waals surface area contributed by atoms with Gasteiger partial charge in [0.05, 0.1) is 11.9 Å². The summed E-state index contributed by atoms with van der Waals surface area (Å²) in [4.78, 5) is 0. The van der Waals surface area contributed by atoms with Crippen LogP contribution < -0.4 is 5.73 Å². The predicted molar refractivity (Wildman–Crippen MR) is 80.2 cm³/mol. The summed E-state index contributed by atoms with van der Waals surface area (Å²) < 4.78 is 1.56. The van der Waals surface area contributed by atoms with Gasteiger partial charge in [0, 0.05) is 0 Å². The van der Waals surface area contributed by atoms with Gasteiger partial charge in [-0.15, -0.1) is 0 Å². The molecule has 2 aromatic rings. The summed E-state index contributed by atoms with van der Waals surface area (Å²) in [5, 5.41) is 12.9. The number of allylic oxidation sites excluding steroid dienone is 1. The molecule has 1 aromatic heterocycles. The molecule has 1 aromatic carbocycles. The van der Waals surface area contributed by atoms with Crippen molar-refractivity contribution in [1.29, 1.82) is 5.26 Å². The van der Waals surface area contributed by atoms with Gasteiger partial charge < -0.3 is 5.73 Å². The van der Waals surface area contributed by atoms with E-state index in [0.717, 1.165) is 23.4 Å². The van der Waals surface area contributed by atoms with Crippen LogP contribution in [0.3, 0.4) is 0 Å². The number of thiol groups is 1. The second-order valence-corrected chi connectivity index (χ2v) is 4.42. The number of hydrogen-bond donors (Lipinski definition) is 2. The molecular weight excluding hydrogens is 256 g/mol. The summed E-state index contributed by atoms with van der Waals surface area (Å²) in [5.74, 6) is 1.20. The van der Waals surface area contributed by atoms with Crippen molar-refractivity contribution in [2.24, 2.45) is 0 Å². The molecule has 0 fully saturated rings. The van der Waals surface area contributed by atoms with Gasteiger partial charge in [-0.25, -0.2) is 4.68 Å². The van der Waals surface area contributed by atoms with Gasteiger partial charge in [0.1, 0.15) is 17.5 Å². The van der Waals surface area contributed by atoms with E-state index in [1.165, 1.54) is 6.20 Å². The molecule has 2 N–H and O–H groups in total. The Bertz CT molecular complexity index is 620. The van der Waals surface area contributed by atoms with Crippen LogP contribution in [-0.2, 0) is 0 Å². The van der Waals surface area contributed by atoms with Crippen molar-refractivity contribution in [2.75, 3.05) is 11.5 Å². The summed E-state index contributed by atoms with van der Waals surface area (Å²) in [6.07, 6.45) is 6.55. The highest BCUT2D eigenvalue weighted by atomic mass is 32.1. The molecule has 0 spiro atoms. The lowest BCUT2D eigenvalue weighted by atomic mass is 10.2. The molecule has 0 aliphatic heterocycles. The maximum absolute atomic E-state index is 8.84. The number of anilines is 1. The maximum atomic E-state index is 8.84. The van der Waals surface area contributed by atoms with Crippen LogP contribution in [0.4, 0.5) is 5.82 Å². The monoisotopic (exact) mass is 270 g/mol. The fourth-order valence-corrected chi connectivity index (χ4v) is 1.82. The van der Waals surface area contributed by atoms with Gasteiger partial charge in [-0.05, 0) is 29.9 Å². The van der Waals surface area contributed by atoms with Gasteiger partial charge in [0.2, 0.25) is 0 Å². The fourth-order valence-electron chi connectivity index (χ4n) is 1.67. The predicted octanol–water partition coefficient (Wildman–Crippen LogP) is 2.66. The summed E-state index contributed by atoms with van der Waals surface area (Å²) in [5.41, 5.74) is 8.17. The van der Waals surface area contributed by atoms with Crippen LogP contribution in [0.25, 0.3) is 11.8 Å². The maximum Gasteiger partial charge on any atom is 0.145 e. The third-order valence-corrected chi connectivity index (χ3v) is 2.93. The second-order valence-electron chi connectivity index (χ2n) is 3.97. The number of aromatic nitrogens is 2. The lowest BCUT2D eigenvalue weighted by Crippen LogP contribution is -2.02. The molecular formula is C14H14N4S. The topological polar surface area (TPSA) is 67.6 Å². The zero-order valence-electron chi connectivity index (χ0n) is 10.3. The quantitative estimate of drug-likeness (QED) is 0.839. The minimum atomic E-state index is 0.362. The zero-order chi connectivity index (χ0) is 13.7. The van der Waals surface area contributed by atoms with Crippen LogP contribution in [0.5, 0.6) is 0 Å². The van der Waals surface area contributed by atoms with Gasteiger partial charge in [0.15, 0.2) is 0 Å². The number of nitrogens with two attached hydrogens (primary N) is 1. The average Bonchev–Trinajstić information content (AvgIpc) is 2.81. The van der Waals surface area contributed by atoms with E-state index in [-0.39, 0.29) is 0 Å². The van der Waals surface area contributed by atoms with E-state index in [9.17, 15) is 0 Å². The Kier molecular flexibility index (Phi) is 4.26. The van der Waals surface area contributed by atoms with Crippen molar-refractivity contribution in [3.63, 3.8) is 0 Å². The highest BCUT2D eigenvalue weighted by molar-refractivity contribution is 7.80. The Hall–Kier alpha value is -2.19. The number of nitriles is 1. The van der Waals surface area contributed by atoms with Gasteiger partial charge in [-0.2, -0.15) is 23.0 Å². The van der Waals surface area contributed by atoms with Crippen molar-refractivity contribution in [1.82, 2.24) is 9.78 Å². The van der Waals surface area contributed by atoms with E-state index in [1.807, 2.05) is 36.4 Å². The molecule has 0 saturated heterocycles. The van der Waals surface area contributed by atoms with Crippen LogP contribution in [0.1, 0.15) is 17.5 Å². The molecule has 0 amide bonds. The number of nitrogens with zero attached hydrogens (tertiary/aromatic N) is 3. The molecule has 0 aliphatic rings. The first-order valence-electron chi connectivity index (χ1n) is 5.87. The molecule has 0 radical (unpaired) electrons. The molecule has 0 saturated carbocycles. The molecule has 19 heavy (non-hydrogen) atoms. The molecule has 0 bridgehead atoms. The van der Waals surface area contributed by atoms with Crippen LogP contribution in [0.2, 0.25) is 0 Å². The summed E-state index contributed by atoms with van der Waals surface area (Å²) in [6, 6.07) is 9.81. The smallest absolute Gasteiger partial charge is 0.145 e. The van der Waals surface area contributed by atoms with Crippen molar-refractivity contribution in [3.8, 4) is 11.8 Å². The van der Waals surface area contributed by atoms with E-state index in [0.29, 0.717) is 11.4 Å². The first-order chi connectivity index (χ1) is 9.26. The summed E-state index contributed by atoms with van der Waals surface area (Å²) in [7, 11) is 0. The normalized spacial score (nSPS) is 10.7. The van der Waals surface area contributed by atoms with E-state index in [4.69, 9.17) is 11.0 Å². The fraction of sp³-hybridized carbons (Fsp3) is 0.143. The first kappa shape index (κ1) is 13.2. The number of benzene rings is 1. The minimum Gasteiger partial charge on any atom is -0.382 e. The molecule has 0 aliphatic carbocycles. The zero-order valence-corrected chi connectivity index (χ0v) is 11.2. The largest absolute Gasteiger partial charge is 0.382 e. The average molecular weight is 270 g/mol. The Labute approximate surface area is 117 Å². The highest BCUT2D eigenvalue weighted by Crippen LogP contribution is 2.17. The molecule has 4 nitrogen and oxygen atoms in total. The Balaban J connectivity index is 2.23. The molecule has 0 unspecified atom stereocenters. The van der Waals surface area contributed by atoms with Gasteiger partial charge in [0.25, 0.3) is 0 Å². The molecule has 5 heteroatoms. The van der Waals surface area contributed by atoms with E-state index >= 15 is 0 Å². The number of rotatable bonds is 4. The molecule has 2 rings (SSSR count). The molecule has 96 valence electrons.